The molecule has 0 amide bonds. The molecule has 2 aromatic rings. The number of hydrogen-bond acceptors (Lipinski definition) is 5. The van der Waals surface area contributed by atoms with E-state index in [9.17, 15) is 0 Å². The number of nitrogens with zero attached hydrogens (tertiary/aromatic N) is 2. The summed E-state index contributed by atoms with van der Waals surface area (Å²) in [6.45, 7) is 3.77. The molecule has 2 N–H and O–H groups in total. The summed E-state index contributed by atoms with van der Waals surface area (Å²) < 4.78 is 1.99. The molecule has 2 rings (SSSR count). The highest BCUT2D eigenvalue weighted by atomic mass is 79.9. The molecule has 0 fully saturated rings. The Labute approximate surface area is 133 Å². The smallest absolute Gasteiger partial charge is 0.146 e. The molecule has 0 unspecified atom stereocenters. The average Bonchev–Trinajstić information content (AvgIpc) is 2.82. The second-order valence-electron chi connectivity index (χ2n) is 3.90. The SMILES string of the molecule is CCCNc1ncnc(NCc2cc(Br)cs2)c1Br. The van der Waals surface area contributed by atoms with Crippen LogP contribution >= 0.6 is 43.2 Å². The van der Waals surface area contributed by atoms with Gasteiger partial charge in [-0.3, -0.25) is 0 Å². The molecule has 0 aliphatic heterocycles. The van der Waals surface area contributed by atoms with Gasteiger partial charge < -0.3 is 10.6 Å². The predicted octanol–water partition coefficient (Wildman–Crippen LogP) is 4.50. The first-order valence-electron chi connectivity index (χ1n) is 5.92. The molecule has 0 aromatic carbocycles. The van der Waals surface area contributed by atoms with Crippen LogP contribution in [-0.2, 0) is 6.54 Å². The van der Waals surface area contributed by atoms with E-state index in [1.807, 2.05) is 0 Å². The molecular formula is C12H14Br2N4S. The van der Waals surface area contributed by atoms with Crippen LogP contribution in [0.3, 0.4) is 0 Å². The van der Waals surface area contributed by atoms with E-state index >= 15 is 0 Å². The highest BCUT2D eigenvalue weighted by molar-refractivity contribution is 9.11. The zero-order valence-corrected chi connectivity index (χ0v) is 14.4. The fraction of sp³-hybridized carbons (Fsp3) is 0.333. The number of anilines is 2. The maximum absolute atomic E-state index is 4.25. The Morgan fingerprint density at radius 1 is 1.21 bits per heavy atom. The van der Waals surface area contributed by atoms with E-state index in [2.05, 4.69) is 70.8 Å². The summed E-state index contributed by atoms with van der Waals surface area (Å²) in [6, 6.07) is 2.10. The third kappa shape index (κ3) is 4.15. The summed E-state index contributed by atoms with van der Waals surface area (Å²) in [5.74, 6) is 1.63. The summed E-state index contributed by atoms with van der Waals surface area (Å²) in [5, 5.41) is 8.64. The molecule has 0 radical (unpaired) electrons. The Morgan fingerprint density at radius 3 is 2.58 bits per heavy atom. The molecule has 0 atom stereocenters. The van der Waals surface area contributed by atoms with Crippen molar-refractivity contribution >= 4 is 54.8 Å². The first-order chi connectivity index (χ1) is 9.20. The van der Waals surface area contributed by atoms with Crippen LogP contribution in [0.25, 0.3) is 0 Å². The zero-order valence-electron chi connectivity index (χ0n) is 10.4. The van der Waals surface area contributed by atoms with E-state index in [1.54, 1.807) is 17.7 Å². The molecule has 2 aromatic heterocycles. The second-order valence-corrected chi connectivity index (χ2v) is 6.60. The topological polar surface area (TPSA) is 49.8 Å². The van der Waals surface area contributed by atoms with Crippen LogP contribution in [0.15, 0.2) is 26.7 Å². The number of halogens is 2. The fourth-order valence-corrected chi connectivity index (χ4v) is 3.35. The lowest BCUT2D eigenvalue weighted by Crippen LogP contribution is -2.07. The van der Waals surface area contributed by atoms with Crippen molar-refractivity contribution in [2.24, 2.45) is 0 Å². The van der Waals surface area contributed by atoms with Gasteiger partial charge in [-0.2, -0.15) is 0 Å². The van der Waals surface area contributed by atoms with E-state index in [-0.39, 0.29) is 0 Å². The third-order valence-electron chi connectivity index (χ3n) is 2.38. The average molecular weight is 406 g/mol. The van der Waals surface area contributed by atoms with E-state index in [0.717, 1.165) is 40.1 Å². The van der Waals surface area contributed by atoms with Crippen molar-refractivity contribution in [3.8, 4) is 0 Å². The van der Waals surface area contributed by atoms with Crippen LogP contribution < -0.4 is 10.6 Å². The van der Waals surface area contributed by atoms with Gasteiger partial charge in [-0.25, -0.2) is 9.97 Å². The molecule has 0 saturated carbocycles. The molecule has 0 saturated heterocycles. The largest absolute Gasteiger partial charge is 0.369 e. The van der Waals surface area contributed by atoms with Gasteiger partial charge in [-0.05, 0) is 44.3 Å². The van der Waals surface area contributed by atoms with Gasteiger partial charge in [0.05, 0.1) is 6.54 Å². The van der Waals surface area contributed by atoms with Gasteiger partial charge in [0.1, 0.15) is 22.4 Å². The van der Waals surface area contributed by atoms with Crippen molar-refractivity contribution < 1.29 is 0 Å². The van der Waals surface area contributed by atoms with Crippen molar-refractivity contribution in [1.82, 2.24) is 9.97 Å². The third-order valence-corrected chi connectivity index (χ3v) is 4.83. The van der Waals surface area contributed by atoms with E-state index in [0.29, 0.717) is 0 Å². The lowest BCUT2D eigenvalue weighted by molar-refractivity contribution is 0.960. The maximum Gasteiger partial charge on any atom is 0.146 e. The summed E-state index contributed by atoms with van der Waals surface area (Å²) in [4.78, 5) is 9.72. The van der Waals surface area contributed by atoms with Crippen LogP contribution in [0.2, 0.25) is 0 Å². The first kappa shape index (κ1) is 14.7. The first-order valence-corrected chi connectivity index (χ1v) is 8.38. The number of aromatic nitrogens is 2. The molecule has 102 valence electrons. The second kappa shape index (κ2) is 7.21. The van der Waals surface area contributed by atoms with Crippen molar-refractivity contribution in [3.63, 3.8) is 0 Å². The van der Waals surface area contributed by atoms with Crippen molar-refractivity contribution in [3.05, 3.63) is 31.6 Å². The molecule has 0 aliphatic carbocycles. The Bertz CT molecular complexity index is 544. The highest BCUT2D eigenvalue weighted by Crippen LogP contribution is 2.27. The number of rotatable bonds is 6. The Balaban J connectivity index is 2.03. The van der Waals surface area contributed by atoms with Crippen molar-refractivity contribution in [2.45, 2.75) is 19.9 Å². The Kier molecular flexibility index (Phi) is 5.59. The molecule has 19 heavy (non-hydrogen) atoms. The molecule has 7 heteroatoms. The van der Waals surface area contributed by atoms with Crippen LogP contribution in [-0.4, -0.2) is 16.5 Å². The number of thiophene rings is 1. The van der Waals surface area contributed by atoms with E-state index < -0.39 is 0 Å². The predicted molar refractivity (Wildman–Crippen MR) is 87.9 cm³/mol. The summed E-state index contributed by atoms with van der Waals surface area (Å²) in [6.07, 6.45) is 2.62. The molecule has 0 aliphatic rings. The summed E-state index contributed by atoms with van der Waals surface area (Å²) in [7, 11) is 0. The van der Waals surface area contributed by atoms with Gasteiger partial charge in [-0.1, -0.05) is 6.92 Å². The normalized spacial score (nSPS) is 10.5. The molecule has 2 heterocycles. The van der Waals surface area contributed by atoms with Gasteiger partial charge in [0, 0.05) is 21.3 Å². The summed E-state index contributed by atoms with van der Waals surface area (Å²) in [5.41, 5.74) is 0. The van der Waals surface area contributed by atoms with Crippen molar-refractivity contribution in [2.75, 3.05) is 17.2 Å². The van der Waals surface area contributed by atoms with Gasteiger partial charge in [0.15, 0.2) is 0 Å². The van der Waals surface area contributed by atoms with Crippen molar-refractivity contribution in [1.29, 1.82) is 0 Å². The minimum atomic E-state index is 0.749. The van der Waals surface area contributed by atoms with Crippen LogP contribution in [0.5, 0.6) is 0 Å². The van der Waals surface area contributed by atoms with Gasteiger partial charge in [0.2, 0.25) is 0 Å². The quantitative estimate of drug-likeness (QED) is 0.742. The Morgan fingerprint density at radius 2 is 1.95 bits per heavy atom. The minimum Gasteiger partial charge on any atom is -0.369 e. The van der Waals surface area contributed by atoms with Crippen LogP contribution in [0.1, 0.15) is 18.2 Å². The van der Waals surface area contributed by atoms with Gasteiger partial charge in [-0.15, -0.1) is 11.3 Å². The minimum absolute atomic E-state index is 0.749. The highest BCUT2D eigenvalue weighted by Gasteiger charge is 2.08. The molecule has 0 bridgehead atoms. The lowest BCUT2D eigenvalue weighted by Gasteiger charge is -2.10. The molecule has 4 nitrogen and oxygen atoms in total. The van der Waals surface area contributed by atoms with Crippen LogP contribution in [0, 0.1) is 0 Å². The fourth-order valence-electron chi connectivity index (χ4n) is 1.48. The van der Waals surface area contributed by atoms with E-state index in [1.165, 1.54) is 4.88 Å². The van der Waals surface area contributed by atoms with Gasteiger partial charge in [0.25, 0.3) is 0 Å². The molecular weight excluding hydrogens is 392 g/mol. The van der Waals surface area contributed by atoms with Crippen LogP contribution in [0.4, 0.5) is 11.6 Å². The standard InChI is InChI=1S/C12H14Br2N4S/c1-2-3-15-11-10(14)12(18-7-17-11)16-5-9-4-8(13)6-19-9/h4,6-7H,2-3,5H2,1H3,(H2,15,16,17,18). The Hall–Kier alpha value is -0.660. The number of hydrogen-bond donors (Lipinski definition) is 2. The molecule has 0 spiro atoms. The number of nitrogens with one attached hydrogen (secondary N) is 2. The zero-order chi connectivity index (χ0) is 13.7. The lowest BCUT2D eigenvalue weighted by atomic mass is 10.4. The van der Waals surface area contributed by atoms with Gasteiger partial charge >= 0.3 is 0 Å². The monoisotopic (exact) mass is 404 g/mol. The maximum atomic E-state index is 4.25. The van der Waals surface area contributed by atoms with E-state index in [4.69, 9.17) is 0 Å². The summed E-state index contributed by atoms with van der Waals surface area (Å²) >= 11 is 8.69.